The number of anilines is 1. The van der Waals surface area contributed by atoms with Crippen LogP contribution in [-0.4, -0.2) is 12.1 Å². The van der Waals surface area contributed by atoms with Crippen LogP contribution in [0.2, 0.25) is 0 Å². The summed E-state index contributed by atoms with van der Waals surface area (Å²) in [5.41, 5.74) is 2.95. The van der Waals surface area contributed by atoms with Crippen LogP contribution in [0.3, 0.4) is 0 Å². The SMILES string of the molecule is CCc1ccc(NC(=O)NC2=CNC3C=CC=CC23)cc1. The largest absolute Gasteiger partial charge is 0.382 e. The Bertz CT molecular complexity index is 613. The third-order valence-corrected chi connectivity index (χ3v) is 3.80. The second-order valence-electron chi connectivity index (χ2n) is 5.22. The maximum absolute atomic E-state index is 12.1. The van der Waals surface area contributed by atoms with Crippen molar-refractivity contribution in [2.24, 2.45) is 5.92 Å². The molecule has 2 aliphatic rings. The van der Waals surface area contributed by atoms with E-state index in [4.69, 9.17) is 0 Å². The van der Waals surface area contributed by atoms with E-state index < -0.39 is 0 Å². The monoisotopic (exact) mass is 281 g/mol. The molecule has 1 heterocycles. The van der Waals surface area contributed by atoms with Gasteiger partial charge in [0.15, 0.2) is 0 Å². The highest BCUT2D eigenvalue weighted by molar-refractivity contribution is 5.90. The van der Waals surface area contributed by atoms with E-state index in [1.54, 1.807) is 0 Å². The van der Waals surface area contributed by atoms with Crippen LogP contribution in [0.25, 0.3) is 0 Å². The molecular formula is C17H19N3O. The molecule has 0 bridgehead atoms. The Kier molecular flexibility index (Phi) is 3.77. The van der Waals surface area contributed by atoms with E-state index >= 15 is 0 Å². The second kappa shape index (κ2) is 5.87. The number of urea groups is 1. The number of nitrogens with one attached hydrogen (secondary N) is 3. The number of amides is 2. The van der Waals surface area contributed by atoms with E-state index in [-0.39, 0.29) is 18.0 Å². The number of hydrogen-bond donors (Lipinski definition) is 3. The first kappa shape index (κ1) is 13.5. The molecule has 4 heteroatoms. The summed E-state index contributed by atoms with van der Waals surface area (Å²) in [6.45, 7) is 2.11. The molecule has 0 spiro atoms. The number of carbonyl (C=O) groups excluding carboxylic acids is 1. The van der Waals surface area contributed by atoms with Gasteiger partial charge in [-0.1, -0.05) is 43.4 Å². The lowest BCUT2D eigenvalue weighted by molar-refractivity contribution is 0.253. The number of allylic oxidation sites excluding steroid dienone is 2. The standard InChI is InChI=1S/C17H19N3O/c1-2-12-7-9-13(10-8-12)19-17(21)20-16-11-18-15-6-4-3-5-14(15)16/h3-11,14-15,18H,2H2,1H3,(H2,19,20,21). The van der Waals surface area contributed by atoms with Crippen molar-refractivity contribution in [2.75, 3.05) is 5.32 Å². The molecular weight excluding hydrogens is 262 g/mol. The molecule has 2 atom stereocenters. The van der Waals surface area contributed by atoms with Gasteiger partial charge in [-0.15, -0.1) is 0 Å². The fourth-order valence-electron chi connectivity index (χ4n) is 2.58. The minimum Gasteiger partial charge on any atom is -0.382 e. The molecule has 0 aromatic heterocycles. The van der Waals surface area contributed by atoms with Gasteiger partial charge in [-0.3, -0.25) is 0 Å². The molecule has 108 valence electrons. The van der Waals surface area contributed by atoms with Gasteiger partial charge in [-0.25, -0.2) is 4.79 Å². The molecule has 0 saturated carbocycles. The summed E-state index contributed by atoms with van der Waals surface area (Å²) in [4.78, 5) is 12.1. The van der Waals surface area contributed by atoms with Gasteiger partial charge in [0.25, 0.3) is 0 Å². The quantitative estimate of drug-likeness (QED) is 0.798. The Labute approximate surface area is 124 Å². The van der Waals surface area contributed by atoms with E-state index in [2.05, 4.69) is 35.0 Å². The van der Waals surface area contributed by atoms with E-state index in [9.17, 15) is 4.79 Å². The highest BCUT2D eigenvalue weighted by Crippen LogP contribution is 2.24. The first-order chi connectivity index (χ1) is 10.3. The van der Waals surface area contributed by atoms with Crippen LogP contribution in [0, 0.1) is 5.92 Å². The Morgan fingerprint density at radius 1 is 1.14 bits per heavy atom. The predicted molar refractivity (Wildman–Crippen MR) is 84.8 cm³/mol. The molecule has 2 unspecified atom stereocenters. The lowest BCUT2D eigenvalue weighted by Crippen LogP contribution is -2.33. The molecule has 3 N–H and O–H groups in total. The summed E-state index contributed by atoms with van der Waals surface area (Å²) in [5.74, 6) is 0.197. The normalized spacial score (nSPS) is 22.2. The Balaban J connectivity index is 1.59. The van der Waals surface area contributed by atoms with Crippen LogP contribution in [0.5, 0.6) is 0 Å². The molecule has 1 aliphatic heterocycles. The van der Waals surface area contributed by atoms with E-state index in [1.165, 1.54) is 5.56 Å². The molecule has 1 aliphatic carbocycles. The maximum Gasteiger partial charge on any atom is 0.323 e. The first-order valence-corrected chi connectivity index (χ1v) is 7.24. The minimum absolute atomic E-state index is 0.197. The smallest absolute Gasteiger partial charge is 0.323 e. The van der Waals surface area contributed by atoms with Gasteiger partial charge in [0.2, 0.25) is 0 Å². The molecule has 3 rings (SSSR count). The zero-order chi connectivity index (χ0) is 14.7. The highest BCUT2D eigenvalue weighted by Gasteiger charge is 2.27. The highest BCUT2D eigenvalue weighted by atomic mass is 16.2. The maximum atomic E-state index is 12.1. The molecule has 2 amide bonds. The van der Waals surface area contributed by atoms with Crippen molar-refractivity contribution in [1.29, 1.82) is 0 Å². The lowest BCUT2D eigenvalue weighted by Gasteiger charge is -2.19. The van der Waals surface area contributed by atoms with Crippen molar-refractivity contribution in [3.63, 3.8) is 0 Å². The van der Waals surface area contributed by atoms with E-state index in [0.717, 1.165) is 17.8 Å². The van der Waals surface area contributed by atoms with Crippen LogP contribution in [0.1, 0.15) is 12.5 Å². The summed E-state index contributed by atoms with van der Waals surface area (Å²) in [7, 11) is 0. The number of carbonyl (C=O) groups is 1. The summed E-state index contributed by atoms with van der Waals surface area (Å²) >= 11 is 0. The van der Waals surface area contributed by atoms with E-state index in [1.807, 2.05) is 42.6 Å². The summed E-state index contributed by atoms with van der Waals surface area (Å²) < 4.78 is 0. The summed E-state index contributed by atoms with van der Waals surface area (Å²) in [6.07, 6.45) is 11.1. The zero-order valence-corrected chi connectivity index (χ0v) is 12.0. The lowest BCUT2D eigenvalue weighted by atomic mass is 9.95. The Morgan fingerprint density at radius 2 is 1.90 bits per heavy atom. The Morgan fingerprint density at radius 3 is 2.67 bits per heavy atom. The predicted octanol–water partition coefficient (Wildman–Crippen LogP) is 2.93. The van der Waals surface area contributed by atoms with Crippen molar-refractivity contribution in [2.45, 2.75) is 19.4 Å². The summed E-state index contributed by atoms with van der Waals surface area (Å²) in [5, 5.41) is 9.02. The third kappa shape index (κ3) is 2.99. The number of benzene rings is 1. The fourth-order valence-corrected chi connectivity index (χ4v) is 2.58. The third-order valence-electron chi connectivity index (χ3n) is 3.80. The minimum atomic E-state index is -0.212. The van der Waals surface area contributed by atoms with Crippen molar-refractivity contribution >= 4 is 11.7 Å². The topological polar surface area (TPSA) is 53.2 Å². The first-order valence-electron chi connectivity index (χ1n) is 7.24. The molecule has 1 aromatic rings. The molecule has 4 nitrogen and oxygen atoms in total. The molecule has 0 fully saturated rings. The van der Waals surface area contributed by atoms with Gasteiger partial charge in [-0.05, 0) is 24.1 Å². The van der Waals surface area contributed by atoms with Crippen molar-refractivity contribution < 1.29 is 4.79 Å². The van der Waals surface area contributed by atoms with Crippen LogP contribution >= 0.6 is 0 Å². The van der Waals surface area contributed by atoms with Gasteiger partial charge >= 0.3 is 6.03 Å². The van der Waals surface area contributed by atoms with Gasteiger partial charge in [0.1, 0.15) is 0 Å². The second-order valence-corrected chi connectivity index (χ2v) is 5.22. The Hall–Kier alpha value is -2.49. The number of rotatable bonds is 3. The molecule has 21 heavy (non-hydrogen) atoms. The number of hydrogen-bond acceptors (Lipinski definition) is 2. The zero-order valence-electron chi connectivity index (χ0n) is 12.0. The van der Waals surface area contributed by atoms with E-state index in [0.29, 0.717) is 0 Å². The van der Waals surface area contributed by atoms with Crippen LogP contribution in [-0.2, 0) is 6.42 Å². The fraction of sp³-hybridized carbons (Fsp3) is 0.235. The average Bonchev–Trinajstić information content (AvgIpc) is 2.91. The van der Waals surface area contributed by atoms with Gasteiger partial charge < -0.3 is 16.0 Å². The molecule has 1 aromatic carbocycles. The van der Waals surface area contributed by atoms with Gasteiger partial charge in [0.05, 0.1) is 6.04 Å². The number of fused-ring (bicyclic) bond motifs is 1. The van der Waals surface area contributed by atoms with Crippen LogP contribution in [0.4, 0.5) is 10.5 Å². The summed E-state index contributed by atoms with van der Waals surface area (Å²) in [6, 6.07) is 7.93. The number of aryl methyl sites for hydroxylation is 1. The van der Waals surface area contributed by atoms with Gasteiger partial charge in [-0.2, -0.15) is 0 Å². The molecule has 0 radical (unpaired) electrons. The van der Waals surface area contributed by atoms with Crippen LogP contribution in [0.15, 0.2) is 60.5 Å². The van der Waals surface area contributed by atoms with Gasteiger partial charge in [0, 0.05) is 23.5 Å². The van der Waals surface area contributed by atoms with Crippen LogP contribution < -0.4 is 16.0 Å². The average molecular weight is 281 g/mol. The van der Waals surface area contributed by atoms with Crippen molar-refractivity contribution in [3.8, 4) is 0 Å². The molecule has 0 saturated heterocycles. The van der Waals surface area contributed by atoms with Crippen molar-refractivity contribution in [1.82, 2.24) is 10.6 Å². The van der Waals surface area contributed by atoms with Crippen molar-refractivity contribution in [3.05, 3.63) is 66.0 Å².